The summed E-state index contributed by atoms with van der Waals surface area (Å²) < 4.78 is 9.26. The highest BCUT2D eigenvalue weighted by atomic mass is 35.5. The molecule has 5 rings (SSSR count). The van der Waals surface area contributed by atoms with Crippen molar-refractivity contribution in [3.63, 3.8) is 0 Å². The van der Waals surface area contributed by atoms with Crippen LogP contribution >= 0.6 is 11.6 Å². The van der Waals surface area contributed by atoms with Gasteiger partial charge in [-0.1, -0.05) is 11.6 Å². The summed E-state index contributed by atoms with van der Waals surface area (Å²) in [5.41, 5.74) is 7.25. The van der Waals surface area contributed by atoms with Crippen molar-refractivity contribution in [1.29, 1.82) is 0 Å². The first-order valence-corrected chi connectivity index (χ1v) is 9.79. The van der Waals surface area contributed by atoms with E-state index in [4.69, 9.17) is 22.1 Å². The van der Waals surface area contributed by atoms with Crippen molar-refractivity contribution in [3.05, 3.63) is 41.3 Å². The molecule has 1 aliphatic heterocycles. The summed E-state index contributed by atoms with van der Waals surface area (Å²) in [4.78, 5) is 26.8. The third-order valence-electron chi connectivity index (χ3n) is 5.02. The molecule has 4 aromatic heterocycles. The molecule has 0 bridgehead atoms. The van der Waals surface area contributed by atoms with Gasteiger partial charge < -0.3 is 25.3 Å². The summed E-state index contributed by atoms with van der Waals surface area (Å²) in [6, 6.07) is 4.97. The summed E-state index contributed by atoms with van der Waals surface area (Å²) in [7, 11) is 3.57. The first-order valence-electron chi connectivity index (χ1n) is 9.41. The van der Waals surface area contributed by atoms with Gasteiger partial charge in [-0.05, 0) is 6.07 Å². The van der Waals surface area contributed by atoms with Crippen LogP contribution in [0.5, 0.6) is 11.5 Å². The van der Waals surface area contributed by atoms with E-state index in [1.165, 1.54) is 6.20 Å². The number of likely N-dealkylation sites (N-methyl/N-ethyl adjacent to an activating group) is 1. The van der Waals surface area contributed by atoms with Gasteiger partial charge in [0.2, 0.25) is 5.95 Å². The van der Waals surface area contributed by atoms with Crippen LogP contribution in [0.3, 0.4) is 0 Å². The minimum absolute atomic E-state index is 0.0694. The number of aromatic nitrogens is 6. The number of imidazole rings is 1. The standard InChI is InChI=1S/C19H18ClN9O2/c1-27-5-6-29-11(18(27)30)8-14(26-29)24-19-25-17-16(28(19)2)15(20)12(9-23-17)31-10-3-4-22-13(21)7-10/h3-4,7-9H,5-6H2,1-2H3,(H2,21,22)(H,23,24,25,26). The lowest BCUT2D eigenvalue weighted by molar-refractivity contribution is 0.0743. The molecule has 0 unspecified atom stereocenters. The molecule has 3 N–H and O–H groups in total. The molecular formula is C19H18ClN9O2. The van der Waals surface area contributed by atoms with Crippen molar-refractivity contribution < 1.29 is 9.53 Å². The first-order chi connectivity index (χ1) is 14.9. The molecule has 11 nitrogen and oxygen atoms in total. The zero-order valence-electron chi connectivity index (χ0n) is 16.7. The molecular weight excluding hydrogens is 422 g/mol. The van der Waals surface area contributed by atoms with Crippen molar-refractivity contribution in [2.75, 3.05) is 24.6 Å². The predicted octanol–water partition coefficient (Wildman–Crippen LogP) is 2.42. The monoisotopic (exact) mass is 439 g/mol. The Bertz CT molecular complexity index is 1330. The van der Waals surface area contributed by atoms with E-state index in [2.05, 4.69) is 25.4 Å². The van der Waals surface area contributed by atoms with Crippen LogP contribution in [0.4, 0.5) is 17.6 Å². The number of amides is 1. The predicted molar refractivity (Wildman–Crippen MR) is 115 cm³/mol. The van der Waals surface area contributed by atoms with E-state index in [1.54, 1.807) is 52.6 Å². The highest BCUT2D eigenvalue weighted by Gasteiger charge is 2.24. The minimum Gasteiger partial charge on any atom is -0.454 e. The molecule has 0 saturated carbocycles. The van der Waals surface area contributed by atoms with Crippen molar-refractivity contribution in [2.24, 2.45) is 7.05 Å². The maximum Gasteiger partial charge on any atom is 0.272 e. The lowest BCUT2D eigenvalue weighted by Crippen LogP contribution is -2.37. The maximum atomic E-state index is 12.3. The summed E-state index contributed by atoms with van der Waals surface area (Å²) in [6.07, 6.45) is 3.05. The Morgan fingerprint density at radius 3 is 2.87 bits per heavy atom. The topological polar surface area (TPSA) is 129 Å². The summed E-state index contributed by atoms with van der Waals surface area (Å²) in [5.74, 6) is 2.11. The van der Waals surface area contributed by atoms with E-state index in [-0.39, 0.29) is 5.91 Å². The fourth-order valence-corrected chi connectivity index (χ4v) is 3.69. The Kier molecular flexibility index (Phi) is 4.40. The van der Waals surface area contributed by atoms with Crippen LogP contribution in [0, 0.1) is 0 Å². The van der Waals surface area contributed by atoms with Crippen molar-refractivity contribution in [2.45, 2.75) is 6.54 Å². The zero-order chi connectivity index (χ0) is 21.7. The number of nitrogens with two attached hydrogens (primary N) is 1. The Morgan fingerprint density at radius 1 is 1.23 bits per heavy atom. The highest BCUT2D eigenvalue weighted by molar-refractivity contribution is 6.36. The molecule has 0 spiro atoms. The molecule has 158 valence electrons. The van der Waals surface area contributed by atoms with Gasteiger partial charge in [0.15, 0.2) is 17.2 Å². The van der Waals surface area contributed by atoms with Gasteiger partial charge in [0, 0.05) is 39.0 Å². The molecule has 31 heavy (non-hydrogen) atoms. The second kappa shape index (κ2) is 7.13. The van der Waals surface area contributed by atoms with Crippen molar-refractivity contribution >= 4 is 46.3 Å². The fraction of sp³-hybridized carbons (Fsp3) is 0.211. The number of carbonyl (C=O) groups excluding carboxylic acids is 1. The van der Waals surface area contributed by atoms with Crippen LogP contribution in [0.25, 0.3) is 11.2 Å². The van der Waals surface area contributed by atoms with Crippen molar-refractivity contribution in [1.82, 2.24) is 34.2 Å². The number of ether oxygens (including phenoxy) is 1. The third kappa shape index (κ3) is 3.28. The molecule has 0 atom stereocenters. The number of hydrogen-bond donors (Lipinski definition) is 2. The molecule has 0 fully saturated rings. The normalized spacial score (nSPS) is 13.5. The Morgan fingerprint density at radius 2 is 2.06 bits per heavy atom. The number of nitrogen functional groups attached to an aromatic ring is 1. The summed E-state index contributed by atoms with van der Waals surface area (Å²) in [6.45, 7) is 1.25. The molecule has 5 heterocycles. The number of fused-ring (bicyclic) bond motifs is 2. The lowest BCUT2D eigenvalue weighted by atomic mass is 10.3. The number of rotatable bonds is 4. The van der Waals surface area contributed by atoms with Gasteiger partial charge in [0.25, 0.3) is 5.91 Å². The number of aryl methyl sites for hydroxylation is 1. The van der Waals surface area contributed by atoms with Gasteiger partial charge in [0.1, 0.15) is 27.8 Å². The van der Waals surface area contributed by atoms with Crippen LogP contribution < -0.4 is 15.8 Å². The van der Waals surface area contributed by atoms with E-state index in [0.717, 1.165) is 0 Å². The van der Waals surface area contributed by atoms with Crippen LogP contribution in [-0.4, -0.2) is 53.7 Å². The molecule has 1 amide bonds. The van der Waals surface area contributed by atoms with Crippen molar-refractivity contribution in [3.8, 4) is 11.5 Å². The number of pyridine rings is 2. The molecule has 0 aromatic carbocycles. The Balaban J connectivity index is 1.47. The SMILES string of the molecule is CN1CCn2nc(Nc3nc4ncc(Oc5ccnc(N)c5)c(Cl)c4n3C)cc2C1=O. The Labute approximate surface area is 181 Å². The number of nitrogens with one attached hydrogen (secondary N) is 1. The molecule has 12 heteroatoms. The van der Waals surface area contributed by atoms with Gasteiger partial charge in [-0.15, -0.1) is 0 Å². The first kappa shape index (κ1) is 19.1. The second-order valence-electron chi connectivity index (χ2n) is 7.11. The highest BCUT2D eigenvalue weighted by Crippen LogP contribution is 2.35. The van der Waals surface area contributed by atoms with Crippen LogP contribution in [0.15, 0.2) is 30.6 Å². The van der Waals surface area contributed by atoms with Gasteiger partial charge >= 0.3 is 0 Å². The number of hydrogen-bond acceptors (Lipinski definition) is 8. The van der Waals surface area contributed by atoms with E-state index in [1.807, 2.05) is 0 Å². The van der Waals surface area contributed by atoms with E-state index < -0.39 is 0 Å². The molecule has 1 aliphatic rings. The minimum atomic E-state index is -0.0694. The van der Waals surface area contributed by atoms with E-state index in [9.17, 15) is 4.79 Å². The zero-order valence-corrected chi connectivity index (χ0v) is 17.5. The average Bonchev–Trinajstić information content (AvgIpc) is 3.29. The third-order valence-corrected chi connectivity index (χ3v) is 5.38. The fourth-order valence-electron chi connectivity index (χ4n) is 3.39. The van der Waals surface area contributed by atoms with Crippen LogP contribution in [0.2, 0.25) is 5.02 Å². The van der Waals surface area contributed by atoms with Crippen LogP contribution in [0.1, 0.15) is 10.5 Å². The quantitative estimate of drug-likeness (QED) is 0.496. The van der Waals surface area contributed by atoms with Gasteiger partial charge in [-0.2, -0.15) is 10.1 Å². The van der Waals surface area contributed by atoms with E-state index in [0.29, 0.717) is 64.1 Å². The van der Waals surface area contributed by atoms with E-state index >= 15 is 0 Å². The largest absolute Gasteiger partial charge is 0.454 e. The lowest BCUT2D eigenvalue weighted by Gasteiger charge is -2.22. The molecule has 4 aromatic rings. The summed E-state index contributed by atoms with van der Waals surface area (Å²) >= 11 is 6.60. The maximum absolute atomic E-state index is 12.3. The number of anilines is 3. The number of halogens is 1. The second-order valence-corrected chi connectivity index (χ2v) is 7.49. The number of carbonyl (C=O) groups is 1. The van der Waals surface area contributed by atoms with Gasteiger partial charge in [-0.25, -0.2) is 9.97 Å². The molecule has 0 aliphatic carbocycles. The van der Waals surface area contributed by atoms with Gasteiger partial charge in [0.05, 0.1) is 12.7 Å². The Hall–Kier alpha value is -3.86. The summed E-state index contributed by atoms with van der Waals surface area (Å²) in [5, 5.41) is 7.95. The van der Waals surface area contributed by atoms with Crippen LogP contribution in [-0.2, 0) is 13.6 Å². The smallest absolute Gasteiger partial charge is 0.272 e. The number of nitrogens with zero attached hydrogens (tertiary/aromatic N) is 7. The average molecular weight is 440 g/mol. The van der Waals surface area contributed by atoms with Gasteiger partial charge in [-0.3, -0.25) is 9.48 Å². The molecule has 0 radical (unpaired) electrons. The molecule has 0 saturated heterocycles.